The van der Waals surface area contributed by atoms with Gasteiger partial charge in [-0.25, -0.2) is 0 Å². The van der Waals surface area contributed by atoms with Gasteiger partial charge in [-0.1, -0.05) is 48.5 Å². The zero-order valence-electron chi connectivity index (χ0n) is 7.33. The molecule has 0 saturated carbocycles. The van der Waals surface area contributed by atoms with Crippen molar-refractivity contribution in [1.82, 2.24) is 0 Å². The first kappa shape index (κ1) is 14.8. The molecular weight excluding hydrogens is 223 g/mol. The summed E-state index contributed by atoms with van der Waals surface area (Å²) in [5.74, 6) is 0. The van der Waals surface area contributed by atoms with Gasteiger partial charge in [0.1, 0.15) is 0 Å². The first-order chi connectivity index (χ1) is 6.70. The van der Waals surface area contributed by atoms with Crippen molar-refractivity contribution in [3.63, 3.8) is 0 Å². The molecule has 0 bridgehead atoms. The van der Waals surface area contributed by atoms with Crippen LogP contribution >= 0.6 is 0 Å². The number of benzene rings is 2. The summed E-state index contributed by atoms with van der Waals surface area (Å²) in [4.78, 5) is 0. The molecule has 0 aliphatic rings. The normalized spacial score (nSPS) is 9.00. The molecule has 0 radical (unpaired) electrons. The topological polar surface area (TPSA) is 57.5 Å². The molecule has 0 aliphatic carbocycles. The fraction of sp³-hybridized carbons (Fsp3) is 0. The Hall–Kier alpha value is -0.230. The van der Waals surface area contributed by atoms with Crippen molar-refractivity contribution in [3.05, 3.63) is 48.5 Å². The summed E-state index contributed by atoms with van der Waals surface area (Å²) in [6.45, 7) is 0. The summed E-state index contributed by atoms with van der Waals surface area (Å²) < 4.78 is 22.8. The van der Waals surface area contributed by atoms with Crippen molar-refractivity contribution in [1.29, 1.82) is 0 Å². The fourth-order valence-electron chi connectivity index (χ4n) is 1.13. The minimum absolute atomic E-state index is 0. The summed E-state index contributed by atoms with van der Waals surface area (Å²) in [7, 11) is 0. The maximum absolute atomic E-state index is 8.67. The van der Waals surface area contributed by atoms with E-state index >= 15 is 0 Å². The van der Waals surface area contributed by atoms with Crippen molar-refractivity contribution in [3.8, 4) is 0 Å². The second kappa shape index (κ2) is 7.98. The Kier molecular flexibility index (Phi) is 7.86. The van der Waals surface area contributed by atoms with Crippen LogP contribution in [0.25, 0.3) is 10.8 Å². The van der Waals surface area contributed by atoms with Crippen LogP contribution in [0.5, 0.6) is 0 Å². The van der Waals surface area contributed by atoms with Gasteiger partial charge in [-0.15, -0.1) is 0 Å². The minimum Gasteiger partial charge on any atom is -0.0616 e. The van der Waals surface area contributed by atoms with Crippen molar-refractivity contribution in [2.45, 2.75) is 0 Å². The maximum atomic E-state index is 8.67. The molecule has 0 amide bonds. The zero-order chi connectivity index (χ0) is 10.4. The van der Waals surface area contributed by atoms with Gasteiger partial charge < -0.3 is 0 Å². The molecule has 0 aliphatic heterocycles. The summed E-state index contributed by atoms with van der Waals surface area (Å²) >= 11 is -2.61. The molecule has 0 spiro atoms. The molecule has 0 fully saturated rings. The van der Waals surface area contributed by atoms with E-state index in [-0.39, 0.29) is 29.6 Å². The van der Waals surface area contributed by atoms with E-state index in [1.165, 1.54) is 10.8 Å². The Morgan fingerprint density at radius 2 is 1.00 bits per heavy atom. The van der Waals surface area contributed by atoms with E-state index in [9.17, 15) is 0 Å². The molecule has 0 aromatic heterocycles. The Morgan fingerprint density at radius 3 is 1.20 bits per heavy atom. The Labute approximate surface area is 113 Å². The number of fused-ring (bicyclic) bond motifs is 1. The van der Waals surface area contributed by atoms with Gasteiger partial charge in [-0.2, -0.15) is 4.21 Å². The summed E-state index contributed by atoms with van der Waals surface area (Å²) in [5.41, 5.74) is 0. The summed E-state index contributed by atoms with van der Waals surface area (Å²) in [6, 6.07) is 16.7. The third-order valence-corrected chi connectivity index (χ3v) is 1.66. The predicted octanol–water partition coefficient (Wildman–Crippen LogP) is 1.87. The van der Waals surface area contributed by atoms with Gasteiger partial charge in [0.05, 0.1) is 0 Å². The first-order valence-corrected chi connectivity index (χ1v) is 5.00. The SMILES string of the molecule is O=S(O)O.[NaH].c1ccc2ccccc2c1. The van der Waals surface area contributed by atoms with Gasteiger partial charge in [-0.3, -0.25) is 9.11 Å². The van der Waals surface area contributed by atoms with Crippen molar-refractivity contribution in [2.75, 3.05) is 0 Å². The molecule has 0 heterocycles. The zero-order valence-corrected chi connectivity index (χ0v) is 8.15. The molecule has 5 heteroatoms. The van der Waals surface area contributed by atoms with Crippen molar-refractivity contribution in [2.24, 2.45) is 0 Å². The fourth-order valence-corrected chi connectivity index (χ4v) is 1.13. The molecule has 0 unspecified atom stereocenters. The first-order valence-electron chi connectivity index (χ1n) is 3.94. The Morgan fingerprint density at radius 1 is 0.800 bits per heavy atom. The minimum atomic E-state index is -2.61. The second-order valence-corrected chi connectivity index (χ2v) is 3.04. The van der Waals surface area contributed by atoms with Crippen LogP contribution < -0.4 is 0 Å². The third-order valence-electron chi connectivity index (χ3n) is 1.66. The molecule has 2 aromatic rings. The molecule has 76 valence electrons. The van der Waals surface area contributed by atoms with Crippen LogP contribution in [0.2, 0.25) is 0 Å². The quantitative estimate of drug-likeness (QED) is 0.540. The van der Waals surface area contributed by atoms with Crippen molar-refractivity contribution >= 4 is 51.7 Å². The van der Waals surface area contributed by atoms with E-state index in [4.69, 9.17) is 13.3 Å². The van der Waals surface area contributed by atoms with Crippen LogP contribution in [0.4, 0.5) is 0 Å². The van der Waals surface area contributed by atoms with Gasteiger partial charge >= 0.3 is 29.6 Å². The standard InChI is InChI=1S/C10H8.Na.H2O3S.H/c1-2-6-10-8-4-3-7-9(10)5-1;;1-4(2)3;/h1-8H;;(H2,1,2,3);. The van der Waals surface area contributed by atoms with Gasteiger partial charge in [0.25, 0.3) is 11.4 Å². The average molecular weight is 234 g/mol. The molecule has 2 aromatic carbocycles. The van der Waals surface area contributed by atoms with Gasteiger partial charge in [0.2, 0.25) is 0 Å². The summed E-state index contributed by atoms with van der Waals surface area (Å²) in [6.07, 6.45) is 0. The third kappa shape index (κ3) is 6.04. The second-order valence-electron chi connectivity index (χ2n) is 2.58. The van der Waals surface area contributed by atoms with Crippen LogP contribution in [0.3, 0.4) is 0 Å². The van der Waals surface area contributed by atoms with E-state index in [0.717, 1.165) is 0 Å². The van der Waals surface area contributed by atoms with Gasteiger partial charge in [-0.05, 0) is 10.8 Å². The Bertz CT molecular complexity index is 364. The molecule has 2 rings (SSSR count). The molecule has 0 atom stereocenters. The van der Waals surface area contributed by atoms with Gasteiger partial charge in [0, 0.05) is 0 Å². The largest absolute Gasteiger partial charge is 0.0616 e. The van der Waals surface area contributed by atoms with Gasteiger partial charge in [0.15, 0.2) is 0 Å². The Balaban J connectivity index is 0.000000346. The molecule has 3 nitrogen and oxygen atoms in total. The predicted molar refractivity (Wildman–Crippen MR) is 64.5 cm³/mol. The van der Waals surface area contributed by atoms with E-state index in [0.29, 0.717) is 0 Å². The van der Waals surface area contributed by atoms with Crippen LogP contribution in [0.15, 0.2) is 48.5 Å². The molecule has 15 heavy (non-hydrogen) atoms. The van der Waals surface area contributed by atoms with E-state index < -0.39 is 11.4 Å². The number of hydrogen-bond donors (Lipinski definition) is 2. The smallest absolute Gasteiger partial charge is 0.0184 e. The average Bonchev–Trinajstić information content (AvgIpc) is 2.17. The summed E-state index contributed by atoms with van der Waals surface area (Å²) in [5, 5.41) is 2.62. The van der Waals surface area contributed by atoms with Crippen LogP contribution in [0, 0.1) is 0 Å². The van der Waals surface area contributed by atoms with E-state index in [1.807, 2.05) is 0 Å². The van der Waals surface area contributed by atoms with E-state index in [1.54, 1.807) is 0 Å². The van der Waals surface area contributed by atoms with Crippen LogP contribution in [-0.2, 0) is 11.4 Å². The molecular formula is C10H11NaO3S. The molecule has 2 N–H and O–H groups in total. The van der Waals surface area contributed by atoms with Crippen LogP contribution in [0.1, 0.15) is 0 Å². The van der Waals surface area contributed by atoms with Crippen LogP contribution in [-0.4, -0.2) is 42.9 Å². The monoisotopic (exact) mass is 234 g/mol. The van der Waals surface area contributed by atoms with Crippen molar-refractivity contribution < 1.29 is 13.3 Å². The van der Waals surface area contributed by atoms with E-state index in [2.05, 4.69) is 48.5 Å². The molecule has 0 saturated heterocycles. The number of rotatable bonds is 0. The maximum Gasteiger partial charge on any atom is -0.0184 e. The number of hydrogen-bond acceptors (Lipinski definition) is 1.